The van der Waals surface area contributed by atoms with Crippen LogP contribution in [-0.4, -0.2) is 9.82 Å². The predicted octanol–water partition coefficient (Wildman–Crippen LogP) is -2.83. The summed E-state index contributed by atoms with van der Waals surface area (Å²) in [7, 11) is -4.69. The molecule has 0 saturated heterocycles. The zero-order valence-electron chi connectivity index (χ0n) is 6.48. The number of aryl methyl sites for hydroxylation is 2. The topological polar surface area (TPSA) is 115 Å². The highest BCUT2D eigenvalue weighted by Crippen LogP contribution is 1.99. The van der Waals surface area contributed by atoms with Crippen LogP contribution in [0.2, 0.25) is 0 Å². The lowest BCUT2D eigenvalue weighted by molar-refractivity contribution is -1.92. The van der Waals surface area contributed by atoms with E-state index in [1.165, 1.54) is 0 Å². The van der Waals surface area contributed by atoms with Crippen molar-refractivity contribution in [1.29, 1.82) is 0 Å². The molecule has 0 aliphatic rings. The summed E-state index contributed by atoms with van der Waals surface area (Å²) < 4.78 is 37.3. The van der Waals surface area contributed by atoms with Gasteiger partial charge >= 0.3 is 0 Å². The van der Waals surface area contributed by atoms with Gasteiger partial charge in [-0.05, 0) is 13.8 Å². The van der Waals surface area contributed by atoms with Crippen LogP contribution in [0.25, 0.3) is 0 Å². The lowest BCUT2D eigenvalue weighted by Crippen LogP contribution is -2.58. The summed E-state index contributed by atoms with van der Waals surface area (Å²) in [6, 6.07) is 0. The minimum atomic E-state index is -4.69. The first-order valence-electron chi connectivity index (χ1n) is 2.81. The third-order valence-corrected chi connectivity index (χ3v) is 0.990. The summed E-state index contributed by atoms with van der Waals surface area (Å²) in [5.74, 6) is 0. The van der Waals surface area contributed by atoms with Crippen molar-refractivity contribution in [3.63, 3.8) is 0 Å². The Balaban J connectivity index is 0.000000217. The SMILES string of the molecule is Cc1conc1C.[O-][Cl+3]([O-])([O-])O. The van der Waals surface area contributed by atoms with E-state index < -0.39 is 10.2 Å². The van der Waals surface area contributed by atoms with Crippen LogP contribution in [0.3, 0.4) is 0 Å². The van der Waals surface area contributed by atoms with Crippen LogP contribution < -0.4 is 14.0 Å². The van der Waals surface area contributed by atoms with E-state index in [9.17, 15) is 0 Å². The van der Waals surface area contributed by atoms with Crippen LogP contribution in [-0.2, 0) is 0 Å². The fourth-order valence-corrected chi connectivity index (χ4v) is 0.342. The van der Waals surface area contributed by atoms with Gasteiger partial charge in [-0.3, -0.25) is 0 Å². The number of aromatic nitrogens is 1. The van der Waals surface area contributed by atoms with Crippen molar-refractivity contribution in [1.82, 2.24) is 5.16 Å². The van der Waals surface area contributed by atoms with Crippen molar-refractivity contribution in [3.8, 4) is 0 Å². The largest absolute Gasteiger partial charge is 0.364 e. The minimum Gasteiger partial charge on any atom is -0.364 e. The number of hydrogen-bond donors (Lipinski definition) is 1. The third-order valence-electron chi connectivity index (χ3n) is 0.990. The second-order valence-corrected chi connectivity index (χ2v) is 2.77. The van der Waals surface area contributed by atoms with Gasteiger partial charge in [-0.15, -0.1) is 0 Å². The van der Waals surface area contributed by atoms with Crippen molar-refractivity contribution >= 4 is 0 Å². The van der Waals surface area contributed by atoms with E-state index >= 15 is 0 Å². The van der Waals surface area contributed by atoms with Crippen molar-refractivity contribution in [2.45, 2.75) is 13.8 Å². The average molecular weight is 198 g/mol. The molecule has 0 aliphatic heterocycles. The molecule has 0 amide bonds. The van der Waals surface area contributed by atoms with Crippen LogP contribution in [0, 0.1) is 24.1 Å². The maximum absolute atomic E-state index is 8.60. The van der Waals surface area contributed by atoms with Gasteiger partial charge in [0.15, 0.2) is 0 Å². The van der Waals surface area contributed by atoms with Gasteiger partial charge in [-0.1, -0.05) is 5.16 Å². The molecule has 0 radical (unpaired) electrons. The molecule has 0 aliphatic carbocycles. The van der Waals surface area contributed by atoms with Gasteiger partial charge in [-0.25, -0.2) is 0 Å². The van der Waals surface area contributed by atoms with Crippen LogP contribution in [0.5, 0.6) is 0 Å². The number of rotatable bonds is 0. The van der Waals surface area contributed by atoms with Gasteiger partial charge in [0.05, 0.1) is 20.6 Å². The summed E-state index contributed by atoms with van der Waals surface area (Å²) in [5.41, 5.74) is 2.08. The summed E-state index contributed by atoms with van der Waals surface area (Å²) in [6.45, 7) is 3.88. The van der Waals surface area contributed by atoms with E-state index in [0.717, 1.165) is 11.3 Å². The fraction of sp³-hybridized carbons (Fsp3) is 0.400. The molecule has 1 heterocycles. The molecule has 0 fully saturated rings. The van der Waals surface area contributed by atoms with Gasteiger partial charge in [-0.2, -0.15) is 14.0 Å². The molecule has 1 aromatic rings. The van der Waals surface area contributed by atoms with Gasteiger partial charge in [0, 0.05) is 5.56 Å². The molecule has 7 heteroatoms. The monoisotopic (exact) mass is 197 g/mol. The Morgan fingerprint density at radius 2 is 1.83 bits per heavy atom. The number of hydrogen-bond acceptors (Lipinski definition) is 6. The van der Waals surface area contributed by atoms with E-state index in [-0.39, 0.29) is 0 Å². The molecular formula is C5H8ClNO5. The van der Waals surface area contributed by atoms with E-state index in [4.69, 9.17) is 18.6 Å². The van der Waals surface area contributed by atoms with Crippen LogP contribution in [0.1, 0.15) is 11.3 Å². The van der Waals surface area contributed by atoms with Crippen LogP contribution in [0.15, 0.2) is 10.8 Å². The molecule has 0 unspecified atom stereocenters. The van der Waals surface area contributed by atoms with Gasteiger partial charge in [0.2, 0.25) is 0 Å². The summed E-state index contributed by atoms with van der Waals surface area (Å²) in [6.07, 6.45) is 1.63. The second-order valence-electron chi connectivity index (χ2n) is 1.98. The maximum atomic E-state index is 8.60. The third kappa shape index (κ3) is 7.45. The van der Waals surface area contributed by atoms with Crippen molar-refractivity contribution in [2.75, 3.05) is 0 Å². The second kappa shape index (κ2) is 4.39. The summed E-state index contributed by atoms with van der Waals surface area (Å²) in [5, 5.41) is 3.64. The standard InChI is InChI=1S/C5H7NO.ClHO4/c1-4-3-7-6-5(4)2;2-1(3,4)5/h3H,1-2H3;(H,2,3,4,5). The van der Waals surface area contributed by atoms with Crippen molar-refractivity contribution in [3.05, 3.63) is 17.5 Å². The van der Waals surface area contributed by atoms with Gasteiger partial charge < -0.3 is 4.52 Å². The Morgan fingerprint density at radius 3 is 1.92 bits per heavy atom. The molecule has 0 bridgehead atoms. The Labute approximate surface area is 70.8 Å². The molecular weight excluding hydrogens is 190 g/mol. The molecule has 0 atom stereocenters. The van der Waals surface area contributed by atoms with Crippen LogP contribution in [0.4, 0.5) is 0 Å². The Kier molecular flexibility index (Phi) is 4.15. The molecule has 1 aromatic heterocycles. The summed E-state index contributed by atoms with van der Waals surface area (Å²) in [4.78, 5) is 0. The van der Waals surface area contributed by atoms with E-state index in [1.54, 1.807) is 6.26 Å². The quantitative estimate of drug-likeness (QED) is 0.479. The zero-order valence-corrected chi connectivity index (χ0v) is 7.24. The van der Waals surface area contributed by atoms with Crippen molar-refractivity contribution in [2.24, 2.45) is 0 Å². The van der Waals surface area contributed by atoms with Crippen LogP contribution >= 0.6 is 0 Å². The average Bonchev–Trinajstić information content (AvgIpc) is 2.12. The Hall–Kier alpha value is -0.660. The molecule has 1 N–H and O–H groups in total. The lowest BCUT2D eigenvalue weighted by Gasteiger charge is -2.03. The molecule has 70 valence electrons. The molecule has 0 spiro atoms. The zero-order chi connectivity index (χ0) is 9.78. The van der Waals surface area contributed by atoms with Crippen molar-refractivity contribution < 1.29 is 33.4 Å². The molecule has 0 aromatic carbocycles. The van der Waals surface area contributed by atoms with Gasteiger partial charge in [0.25, 0.3) is 0 Å². The lowest BCUT2D eigenvalue weighted by atomic mass is 10.3. The highest BCUT2D eigenvalue weighted by molar-refractivity contribution is 5.08. The Morgan fingerprint density at radius 1 is 1.42 bits per heavy atom. The molecule has 0 saturated carbocycles. The first-order chi connectivity index (χ1) is 5.30. The number of nitrogens with zero attached hydrogens (tertiary/aromatic N) is 1. The first kappa shape index (κ1) is 11.3. The normalized spacial score (nSPS) is 10.5. The Bertz CT molecular complexity index is 207. The first-order valence-corrected chi connectivity index (χ1v) is 4.08. The molecule has 1 rings (SSSR count). The van der Waals surface area contributed by atoms with Gasteiger partial charge in [0.1, 0.15) is 6.26 Å². The summed E-state index contributed by atoms with van der Waals surface area (Å²) >= 11 is 0. The minimum absolute atomic E-state index is 0.972. The maximum Gasteiger partial charge on any atom is 0.126 e. The smallest absolute Gasteiger partial charge is 0.126 e. The van der Waals surface area contributed by atoms with E-state index in [2.05, 4.69) is 9.68 Å². The molecule has 12 heavy (non-hydrogen) atoms. The predicted molar refractivity (Wildman–Crippen MR) is 28.2 cm³/mol. The number of halogens is 1. The highest BCUT2D eigenvalue weighted by atomic mass is 35.7. The fourth-order valence-electron chi connectivity index (χ4n) is 0.342. The van der Waals surface area contributed by atoms with E-state index in [1.807, 2.05) is 13.8 Å². The van der Waals surface area contributed by atoms with E-state index in [0.29, 0.717) is 0 Å². The highest BCUT2D eigenvalue weighted by Gasteiger charge is 1.98. The molecule has 6 nitrogen and oxygen atoms in total.